The standard InChI is InChI=1S/C16H22BrN3O3/c1-11(8-12-4-6-13(17)7-5-12)16(23)20(9-14(21)18-2)10-15(22)19-3/h4-7,11H,8-10H2,1-3H3,(H,18,21)(H,19,22). The van der Waals surface area contributed by atoms with Crippen molar-refractivity contribution in [3.05, 3.63) is 34.3 Å². The largest absolute Gasteiger partial charge is 0.358 e. The van der Waals surface area contributed by atoms with Gasteiger partial charge in [-0.15, -0.1) is 0 Å². The Morgan fingerprint density at radius 3 is 1.96 bits per heavy atom. The van der Waals surface area contributed by atoms with E-state index in [9.17, 15) is 14.4 Å². The quantitative estimate of drug-likeness (QED) is 0.735. The normalized spacial score (nSPS) is 11.5. The van der Waals surface area contributed by atoms with Crippen LogP contribution in [0.3, 0.4) is 0 Å². The summed E-state index contributed by atoms with van der Waals surface area (Å²) in [6, 6.07) is 7.71. The number of carbonyl (C=O) groups is 3. The predicted octanol–water partition coefficient (Wildman–Crippen LogP) is 0.948. The van der Waals surface area contributed by atoms with Crippen molar-refractivity contribution in [2.75, 3.05) is 27.2 Å². The summed E-state index contributed by atoms with van der Waals surface area (Å²) >= 11 is 3.37. The number of carbonyl (C=O) groups excluding carboxylic acids is 3. The lowest BCUT2D eigenvalue weighted by Gasteiger charge is -2.24. The maximum absolute atomic E-state index is 12.6. The van der Waals surface area contributed by atoms with Crippen molar-refractivity contribution in [2.45, 2.75) is 13.3 Å². The van der Waals surface area contributed by atoms with Gasteiger partial charge in [-0.1, -0.05) is 35.0 Å². The van der Waals surface area contributed by atoms with E-state index in [1.807, 2.05) is 24.3 Å². The van der Waals surface area contributed by atoms with Crippen LogP contribution in [0.5, 0.6) is 0 Å². The molecule has 6 nitrogen and oxygen atoms in total. The topological polar surface area (TPSA) is 78.5 Å². The van der Waals surface area contributed by atoms with Gasteiger partial charge in [0, 0.05) is 24.5 Å². The Morgan fingerprint density at radius 2 is 1.52 bits per heavy atom. The molecular weight excluding hydrogens is 362 g/mol. The van der Waals surface area contributed by atoms with E-state index in [-0.39, 0.29) is 36.7 Å². The van der Waals surface area contributed by atoms with Crippen LogP contribution in [0, 0.1) is 5.92 Å². The van der Waals surface area contributed by atoms with Crippen molar-refractivity contribution in [1.82, 2.24) is 15.5 Å². The molecule has 0 aliphatic carbocycles. The fraction of sp³-hybridized carbons (Fsp3) is 0.438. The maximum atomic E-state index is 12.6. The Balaban J connectivity index is 2.78. The Kier molecular flexibility index (Phi) is 7.74. The third-order valence-electron chi connectivity index (χ3n) is 3.42. The average Bonchev–Trinajstić information content (AvgIpc) is 2.55. The van der Waals surface area contributed by atoms with Crippen molar-refractivity contribution < 1.29 is 14.4 Å². The predicted molar refractivity (Wildman–Crippen MR) is 91.7 cm³/mol. The molecule has 3 amide bonds. The summed E-state index contributed by atoms with van der Waals surface area (Å²) in [5.74, 6) is -1.17. The number of hydrogen-bond acceptors (Lipinski definition) is 3. The first kappa shape index (κ1) is 19.2. The highest BCUT2D eigenvalue weighted by Crippen LogP contribution is 2.15. The summed E-state index contributed by atoms with van der Waals surface area (Å²) < 4.78 is 0.973. The molecule has 1 aromatic rings. The molecule has 0 bridgehead atoms. The smallest absolute Gasteiger partial charge is 0.239 e. The first-order valence-electron chi connectivity index (χ1n) is 7.31. The highest BCUT2D eigenvalue weighted by molar-refractivity contribution is 9.10. The van der Waals surface area contributed by atoms with E-state index in [1.54, 1.807) is 6.92 Å². The van der Waals surface area contributed by atoms with Gasteiger partial charge in [0.1, 0.15) is 13.1 Å². The fourth-order valence-electron chi connectivity index (χ4n) is 2.09. The van der Waals surface area contributed by atoms with Crippen LogP contribution in [0.2, 0.25) is 0 Å². The number of rotatable bonds is 7. The number of benzene rings is 1. The molecule has 23 heavy (non-hydrogen) atoms. The van der Waals surface area contributed by atoms with Crippen LogP contribution in [0.1, 0.15) is 12.5 Å². The lowest BCUT2D eigenvalue weighted by Crippen LogP contribution is -2.46. The molecule has 1 rings (SSSR count). The van der Waals surface area contributed by atoms with Gasteiger partial charge in [-0.05, 0) is 24.1 Å². The number of nitrogens with zero attached hydrogens (tertiary/aromatic N) is 1. The Labute approximate surface area is 144 Å². The van der Waals surface area contributed by atoms with Gasteiger partial charge in [0.2, 0.25) is 17.7 Å². The molecule has 0 radical (unpaired) electrons. The zero-order valence-corrected chi connectivity index (χ0v) is 15.1. The van der Waals surface area contributed by atoms with E-state index in [0.717, 1.165) is 10.0 Å². The molecule has 0 heterocycles. The minimum Gasteiger partial charge on any atom is -0.358 e. The van der Waals surface area contributed by atoms with Crippen LogP contribution in [0.15, 0.2) is 28.7 Å². The molecule has 0 saturated heterocycles. The molecule has 7 heteroatoms. The summed E-state index contributed by atoms with van der Waals surface area (Å²) in [7, 11) is 2.99. The second kappa shape index (κ2) is 9.29. The van der Waals surface area contributed by atoms with Crippen LogP contribution in [0.4, 0.5) is 0 Å². The number of hydrogen-bond donors (Lipinski definition) is 2. The van der Waals surface area contributed by atoms with Crippen molar-refractivity contribution in [2.24, 2.45) is 5.92 Å². The van der Waals surface area contributed by atoms with E-state index in [1.165, 1.54) is 19.0 Å². The molecule has 2 N–H and O–H groups in total. The highest BCUT2D eigenvalue weighted by Gasteiger charge is 2.24. The second-order valence-electron chi connectivity index (χ2n) is 5.27. The van der Waals surface area contributed by atoms with Crippen LogP contribution < -0.4 is 10.6 Å². The summed E-state index contributed by atoms with van der Waals surface area (Å²) in [6.07, 6.45) is 0.546. The van der Waals surface area contributed by atoms with Crippen molar-refractivity contribution >= 4 is 33.7 Å². The van der Waals surface area contributed by atoms with Crippen LogP contribution in [-0.2, 0) is 20.8 Å². The SMILES string of the molecule is CNC(=O)CN(CC(=O)NC)C(=O)C(C)Cc1ccc(Br)cc1. The summed E-state index contributed by atoms with van der Waals surface area (Å²) in [5, 5.41) is 4.93. The van der Waals surface area contributed by atoms with Gasteiger partial charge in [-0.25, -0.2) is 0 Å². The molecular formula is C16H22BrN3O3. The average molecular weight is 384 g/mol. The Hall–Kier alpha value is -1.89. The number of halogens is 1. The molecule has 1 atom stereocenters. The van der Waals surface area contributed by atoms with E-state index in [0.29, 0.717) is 6.42 Å². The number of likely N-dealkylation sites (N-methyl/N-ethyl adjacent to an activating group) is 2. The zero-order chi connectivity index (χ0) is 17.4. The van der Waals surface area contributed by atoms with E-state index in [2.05, 4.69) is 26.6 Å². The van der Waals surface area contributed by atoms with Crippen molar-refractivity contribution in [3.63, 3.8) is 0 Å². The lowest BCUT2D eigenvalue weighted by atomic mass is 10.00. The molecule has 0 aliphatic rings. The Morgan fingerprint density at radius 1 is 1.04 bits per heavy atom. The Bertz CT molecular complexity index is 542. The maximum Gasteiger partial charge on any atom is 0.239 e. The second-order valence-corrected chi connectivity index (χ2v) is 6.19. The molecule has 126 valence electrons. The van der Waals surface area contributed by atoms with E-state index < -0.39 is 0 Å². The summed E-state index contributed by atoms with van der Waals surface area (Å²) in [5.41, 5.74) is 1.02. The molecule has 1 aromatic carbocycles. The van der Waals surface area contributed by atoms with Crippen LogP contribution in [0.25, 0.3) is 0 Å². The van der Waals surface area contributed by atoms with Gasteiger partial charge in [0.25, 0.3) is 0 Å². The zero-order valence-electron chi connectivity index (χ0n) is 13.6. The number of amides is 3. The fourth-order valence-corrected chi connectivity index (χ4v) is 2.35. The summed E-state index contributed by atoms with van der Waals surface area (Å²) in [4.78, 5) is 37.0. The monoisotopic (exact) mass is 383 g/mol. The minimum absolute atomic E-state index is 0.132. The molecule has 0 fully saturated rings. The van der Waals surface area contributed by atoms with Crippen molar-refractivity contribution in [1.29, 1.82) is 0 Å². The van der Waals surface area contributed by atoms with Crippen LogP contribution in [-0.4, -0.2) is 49.8 Å². The van der Waals surface area contributed by atoms with Gasteiger partial charge >= 0.3 is 0 Å². The van der Waals surface area contributed by atoms with E-state index in [4.69, 9.17) is 0 Å². The first-order valence-corrected chi connectivity index (χ1v) is 8.11. The molecule has 0 saturated carbocycles. The van der Waals surface area contributed by atoms with Gasteiger partial charge in [-0.3, -0.25) is 14.4 Å². The first-order chi connectivity index (χ1) is 10.9. The van der Waals surface area contributed by atoms with Gasteiger partial charge in [0.05, 0.1) is 0 Å². The van der Waals surface area contributed by atoms with E-state index >= 15 is 0 Å². The molecule has 0 spiro atoms. The van der Waals surface area contributed by atoms with Gasteiger partial charge in [-0.2, -0.15) is 0 Å². The molecule has 0 aromatic heterocycles. The third-order valence-corrected chi connectivity index (χ3v) is 3.94. The molecule has 1 unspecified atom stereocenters. The molecule has 0 aliphatic heterocycles. The van der Waals surface area contributed by atoms with Crippen molar-refractivity contribution in [3.8, 4) is 0 Å². The highest BCUT2D eigenvalue weighted by atomic mass is 79.9. The number of nitrogens with one attached hydrogen (secondary N) is 2. The van der Waals surface area contributed by atoms with Crippen LogP contribution >= 0.6 is 15.9 Å². The summed E-state index contributed by atoms with van der Waals surface area (Å²) in [6.45, 7) is 1.53. The van der Waals surface area contributed by atoms with Gasteiger partial charge < -0.3 is 15.5 Å². The third kappa shape index (κ3) is 6.40. The lowest BCUT2D eigenvalue weighted by molar-refractivity contribution is -0.141. The minimum atomic E-state index is -0.328. The van der Waals surface area contributed by atoms with Gasteiger partial charge in [0.15, 0.2) is 0 Å².